The van der Waals surface area contributed by atoms with Crippen molar-refractivity contribution < 1.29 is 27.9 Å². The molecular formula is C33H26F2N8O4S. The van der Waals surface area contributed by atoms with E-state index < -0.39 is 5.97 Å². The zero-order chi connectivity index (χ0) is 33.8. The highest BCUT2D eigenvalue weighted by molar-refractivity contribution is 7.98. The number of thioether (sulfide) groups is 1. The van der Waals surface area contributed by atoms with Crippen LogP contribution >= 0.6 is 11.8 Å². The predicted octanol–water partition coefficient (Wildman–Crippen LogP) is 6.41. The monoisotopic (exact) mass is 668 g/mol. The van der Waals surface area contributed by atoms with Crippen LogP contribution in [0.3, 0.4) is 0 Å². The van der Waals surface area contributed by atoms with E-state index in [-0.39, 0.29) is 29.1 Å². The maximum atomic E-state index is 13.2. The molecule has 0 fully saturated rings. The molecule has 0 spiro atoms. The molecule has 2 N–H and O–H groups in total. The summed E-state index contributed by atoms with van der Waals surface area (Å²) in [6, 6.07) is 11.4. The van der Waals surface area contributed by atoms with Gasteiger partial charge in [-0.15, -0.1) is 0 Å². The van der Waals surface area contributed by atoms with Gasteiger partial charge < -0.3 is 14.8 Å². The minimum absolute atomic E-state index is 0.0888. The normalized spacial score (nSPS) is 11.7. The molecule has 7 aromatic rings. The summed E-state index contributed by atoms with van der Waals surface area (Å²) in [6.45, 7) is 1.96. The average molecular weight is 669 g/mol. The first kappa shape index (κ1) is 32.0. The fraction of sp³-hybridized carbons (Fsp3) is 0.121. The van der Waals surface area contributed by atoms with E-state index in [0.717, 1.165) is 0 Å². The number of carbonyl (C=O) groups excluding carboxylic acids is 1. The Morgan fingerprint density at radius 3 is 1.81 bits per heavy atom. The lowest BCUT2D eigenvalue weighted by atomic mass is 10.1. The third-order valence-electron chi connectivity index (χ3n) is 7.35. The van der Waals surface area contributed by atoms with Gasteiger partial charge in [0.1, 0.15) is 17.4 Å². The van der Waals surface area contributed by atoms with E-state index in [1.807, 2.05) is 13.2 Å². The number of fused-ring (bicyclic) bond motifs is 2. The molecule has 7 rings (SSSR count). The highest BCUT2D eigenvalue weighted by atomic mass is 32.2. The van der Waals surface area contributed by atoms with Crippen molar-refractivity contribution in [3.05, 3.63) is 120 Å². The second-order valence-electron chi connectivity index (χ2n) is 10.3. The van der Waals surface area contributed by atoms with Crippen molar-refractivity contribution in [1.82, 2.24) is 39.8 Å². The standard InChI is InChI=1S/C20H18FN5O2S.C13H8FN3O2/c1-3-16(18-11-23-20(28-18)29-2)25-19(27)15-8-22-10-17-14(15)9-24-26(17)13-6-4-12(21)5-7-13;14-8-1-3-9(4-2-8)17-12-7-15-5-11(13(18)19)10(12)6-16-17/h4-11,16H,3H2,1-2H3,(H,25,27);1-7H,(H,18,19)/t16-;/m0./s1. The van der Waals surface area contributed by atoms with Crippen LogP contribution < -0.4 is 5.32 Å². The van der Waals surface area contributed by atoms with Crippen LogP contribution in [-0.4, -0.2) is 57.8 Å². The first-order chi connectivity index (χ1) is 23.3. The zero-order valence-corrected chi connectivity index (χ0v) is 26.2. The molecule has 0 aliphatic heterocycles. The number of aromatic nitrogens is 7. The quantitative estimate of drug-likeness (QED) is 0.174. The average Bonchev–Trinajstić information content (AvgIpc) is 3.87. The van der Waals surface area contributed by atoms with Crippen LogP contribution in [0.25, 0.3) is 33.2 Å². The number of rotatable bonds is 8. The second-order valence-corrected chi connectivity index (χ2v) is 11.0. The number of hydrogen-bond acceptors (Lipinski definition) is 9. The van der Waals surface area contributed by atoms with Gasteiger partial charge in [0, 0.05) is 23.2 Å². The van der Waals surface area contributed by atoms with Gasteiger partial charge in [-0.1, -0.05) is 18.7 Å². The molecular weight excluding hydrogens is 642 g/mol. The van der Waals surface area contributed by atoms with Crippen molar-refractivity contribution in [2.75, 3.05) is 6.26 Å². The van der Waals surface area contributed by atoms with Crippen molar-refractivity contribution in [1.29, 1.82) is 0 Å². The van der Waals surface area contributed by atoms with Gasteiger partial charge in [-0.2, -0.15) is 10.2 Å². The SMILES string of the molecule is CC[C@H](NC(=O)c1cncc2c1cnn2-c1ccc(F)cc1)c1cnc(SC)o1.O=C(O)c1cncc2c1cnn2-c1ccc(F)cc1. The number of halogens is 2. The van der Waals surface area contributed by atoms with Gasteiger partial charge in [0.25, 0.3) is 11.1 Å². The van der Waals surface area contributed by atoms with Crippen LogP contribution in [0, 0.1) is 11.6 Å². The smallest absolute Gasteiger partial charge is 0.338 e. The molecule has 0 bridgehead atoms. The first-order valence-corrected chi connectivity index (χ1v) is 15.7. The lowest BCUT2D eigenvalue weighted by Gasteiger charge is -2.14. The van der Waals surface area contributed by atoms with Crippen LogP contribution in [0.5, 0.6) is 0 Å². The molecule has 1 atom stereocenters. The van der Waals surface area contributed by atoms with Gasteiger partial charge in [0.05, 0.1) is 70.6 Å². The first-order valence-electron chi connectivity index (χ1n) is 14.5. The van der Waals surface area contributed by atoms with Crippen LogP contribution in [-0.2, 0) is 0 Å². The lowest BCUT2D eigenvalue weighted by Crippen LogP contribution is -2.28. The molecule has 0 saturated carbocycles. The van der Waals surface area contributed by atoms with Crippen LogP contribution in [0.4, 0.5) is 8.78 Å². The van der Waals surface area contributed by atoms with Crippen molar-refractivity contribution >= 4 is 45.4 Å². The summed E-state index contributed by atoms with van der Waals surface area (Å²) in [5, 5.41) is 22.2. The number of benzene rings is 2. The molecule has 242 valence electrons. The lowest BCUT2D eigenvalue weighted by molar-refractivity contribution is 0.0698. The Hall–Kier alpha value is -5.96. The number of carboxylic acids is 1. The van der Waals surface area contributed by atoms with Gasteiger partial charge in [0.15, 0.2) is 0 Å². The fourth-order valence-electron chi connectivity index (χ4n) is 4.95. The molecule has 15 heteroatoms. The van der Waals surface area contributed by atoms with Crippen molar-refractivity contribution in [2.45, 2.75) is 24.6 Å². The number of nitrogens with one attached hydrogen (secondary N) is 1. The molecule has 0 aliphatic carbocycles. The summed E-state index contributed by atoms with van der Waals surface area (Å²) < 4.78 is 34.9. The number of carboxylic acid groups (broad SMARTS) is 1. The summed E-state index contributed by atoms with van der Waals surface area (Å²) in [5.74, 6) is -1.41. The van der Waals surface area contributed by atoms with Crippen LogP contribution in [0.1, 0.15) is 45.9 Å². The topological polar surface area (TPSA) is 154 Å². The molecule has 5 aromatic heterocycles. The fourth-order valence-corrected chi connectivity index (χ4v) is 5.28. The third kappa shape index (κ3) is 6.48. The highest BCUT2D eigenvalue weighted by Crippen LogP contribution is 2.25. The molecule has 0 radical (unpaired) electrons. The van der Waals surface area contributed by atoms with E-state index in [1.54, 1.807) is 47.5 Å². The molecule has 1 amide bonds. The van der Waals surface area contributed by atoms with Crippen molar-refractivity contribution in [2.24, 2.45) is 0 Å². The van der Waals surface area contributed by atoms with E-state index in [9.17, 15) is 18.4 Å². The van der Waals surface area contributed by atoms with E-state index in [0.29, 0.717) is 56.1 Å². The van der Waals surface area contributed by atoms with Crippen LogP contribution in [0.15, 0.2) is 102 Å². The Bertz CT molecular complexity index is 2230. The van der Waals surface area contributed by atoms with Gasteiger partial charge >= 0.3 is 5.97 Å². The van der Waals surface area contributed by atoms with Gasteiger partial charge in [-0.25, -0.2) is 27.9 Å². The number of oxazole rings is 1. The van der Waals surface area contributed by atoms with Gasteiger partial charge in [-0.05, 0) is 61.2 Å². The van der Waals surface area contributed by atoms with Crippen molar-refractivity contribution in [3.63, 3.8) is 0 Å². The van der Waals surface area contributed by atoms with Crippen LogP contribution in [0.2, 0.25) is 0 Å². The molecule has 0 unspecified atom stereocenters. The third-order valence-corrected chi connectivity index (χ3v) is 7.88. The Morgan fingerprint density at radius 1 is 0.812 bits per heavy atom. The van der Waals surface area contributed by atoms with Gasteiger partial charge in [0.2, 0.25) is 0 Å². The summed E-state index contributed by atoms with van der Waals surface area (Å²) in [7, 11) is 0. The van der Waals surface area contributed by atoms with E-state index in [1.165, 1.54) is 65.5 Å². The maximum Gasteiger partial charge on any atom is 0.338 e. The van der Waals surface area contributed by atoms with E-state index in [4.69, 9.17) is 9.52 Å². The van der Waals surface area contributed by atoms with Gasteiger partial charge in [-0.3, -0.25) is 14.8 Å². The maximum absolute atomic E-state index is 13.2. The minimum atomic E-state index is -1.06. The predicted molar refractivity (Wildman–Crippen MR) is 173 cm³/mol. The highest BCUT2D eigenvalue weighted by Gasteiger charge is 2.21. The zero-order valence-electron chi connectivity index (χ0n) is 25.4. The Labute approximate surface area is 275 Å². The Balaban J connectivity index is 0.000000182. The number of pyridine rings is 2. The van der Waals surface area contributed by atoms with E-state index in [2.05, 4.69) is 30.5 Å². The number of aromatic carboxylic acids is 1. The summed E-state index contributed by atoms with van der Waals surface area (Å²) in [6.07, 6.45) is 13.2. The molecule has 2 aromatic carbocycles. The Kier molecular flexibility index (Phi) is 9.20. The molecule has 0 aliphatic rings. The number of nitrogens with zero attached hydrogens (tertiary/aromatic N) is 7. The summed E-state index contributed by atoms with van der Waals surface area (Å²) in [4.78, 5) is 36.3. The summed E-state index contributed by atoms with van der Waals surface area (Å²) >= 11 is 1.40. The number of hydrogen-bond donors (Lipinski definition) is 2. The second kappa shape index (κ2) is 13.8. The molecule has 48 heavy (non-hydrogen) atoms. The number of amides is 1. The van der Waals surface area contributed by atoms with Crippen molar-refractivity contribution in [3.8, 4) is 11.4 Å². The Morgan fingerprint density at radius 2 is 1.33 bits per heavy atom. The number of carbonyl (C=O) groups is 2. The largest absolute Gasteiger partial charge is 0.478 e. The summed E-state index contributed by atoms with van der Waals surface area (Å²) in [5.41, 5.74) is 3.03. The molecule has 12 nitrogen and oxygen atoms in total. The van der Waals surface area contributed by atoms with E-state index >= 15 is 0 Å². The minimum Gasteiger partial charge on any atom is -0.478 e. The molecule has 5 heterocycles. The molecule has 0 saturated heterocycles.